The molecule has 0 amide bonds. The van der Waals surface area contributed by atoms with E-state index < -0.39 is 10.0 Å². The van der Waals surface area contributed by atoms with Crippen molar-refractivity contribution in [2.45, 2.75) is 11.8 Å². The Kier molecular flexibility index (Phi) is 3.13. The van der Waals surface area contributed by atoms with E-state index in [0.717, 1.165) is 0 Å². The monoisotopic (exact) mass is 228 g/mol. The molecule has 0 radical (unpaired) electrons. The molecule has 1 aromatic carbocycles. The van der Waals surface area contributed by atoms with Gasteiger partial charge in [-0.1, -0.05) is 0 Å². The maximum atomic E-state index is 11.0. The van der Waals surface area contributed by atoms with Crippen LogP contribution in [0.15, 0.2) is 28.1 Å². The number of isothiocyanates is 1. The van der Waals surface area contributed by atoms with Crippen molar-refractivity contribution in [2.75, 3.05) is 0 Å². The summed E-state index contributed by atoms with van der Waals surface area (Å²) in [7, 11) is -3.65. The Morgan fingerprint density at radius 1 is 1.50 bits per heavy atom. The fourth-order valence-corrected chi connectivity index (χ4v) is 1.95. The molecule has 0 heterocycles. The van der Waals surface area contributed by atoms with Gasteiger partial charge in [-0.15, -0.1) is 0 Å². The molecule has 0 aromatic heterocycles. The Bertz CT molecular complexity index is 502. The molecule has 14 heavy (non-hydrogen) atoms. The zero-order chi connectivity index (χ0) is 10.8. The van der Waals surface area contributed by atoms with Gasteiger partial charge in [0.1, 0.15) is 0 Å². The summed E-state index contributed by atoms with van der Waals surface area (Å²) in [4.78, 5) is 3.82. The fourth-order valence-electron chi connectivity index (χ4n) is 1.08. The summed E-state index contributed by atoms with van der Waals surface area (Å²) < 4.78 is 22.1. The summed E-state index contributed by atoms with van der Waals surface area (Å²) in [5.74, 6) is 0. The minimum Gasteiger partial charge on any atom is -0.225 e. The molecule has 0 atom stereocenters. The van der Waals surface area contributed by atoms with Gasteiger partial charge in [-0.25, -0.2) is 13.6 Å². The SMILES string of the molecule is Cc1cc(N=C=S)ccc1S(N)(=O)=O. The zero-order valence-electron chi connectivity index (χ0n) is 7.39. The molecule has 0 saturated carbocycles. The number of aryl methyl sites for hydroxylation is 1. The first-order valence-corrected chi connectivity index (χ1v) is 5.62. The van der Waals surface area contributed by atoms with E-state index in [1.807, 2.05) is 0 Å². The number of hydrogen-bond donors (Lipinski definition) is 1. The second kappa shape index (κ2) is 3.98. The molecule has 0 spiro atoms. The predicted molar refractivity (Wildman–Crippen MR) is 57.2 cm³/mol. The van der Waals surface area contributed by atoms with Gasteiger partial charge in [-0.3, -0.25) is 0 Å². The van der Waals surface area contributed by atoms with E-state index in [1.54, 1.807) is 13.0 Å². The molecule has 4 nitrogen and oxygen atoms in total. The third kappa shape index (κ3) is 2.46. The Morgan fingerprint density at radius 2 is 2.14 bits per heavy atom. The molecule has 1 aromatic rings. The number of sulfonamides is 1. The number of hydrogen-bond acceptors (Lipinski definition) is 4. The molecule has 0 aliphatic carbocycles. The topological polar surface area (TPSA) is 72.5 Å². The van der Waals surface area contributed by atoms with Gasteiger partial charge >= 0.3 is 0 Å². The van der Waals surface area contributed by atoms with Crippen LogP contribution in [0.3, 0.4) is 0 Å². The quantitative estimate of drug-likeness (QED) is 0.614. The van der Waals surface area contributed by atoms with Crippen molar-refractivity contribution in [2.24, 2.45) is 10.1 Å². The molecule has 6 heteroatoms. The Hall–Kier alpha value is -1.07. The van der Waals surface area contributed by atoms with Gasteiger partial charge in [0.25, 0.3) is 0 Å². The normalized spacial score (nSPS) is 10.7. The first-order chi connectivity index (χ1) is 6.45. The van der Waals surface area contributed by atoms with Crippen molar-refractivity contribution in [3.63, 3.8) is 0 Å². The van der Waals surface area contributed by atoms with E-state index in [2.05, 4.69) is 22.4 Å². The lowest BCUT2D eigenvalue weighted by molar-refractivity contribution is 0.597. The van der Waals surface area contributed by atoms with E-state index in [0.29, 0.717) is 11.3 Å². The summed E-state index contributed by atoms with van der Waals surface area (Å²) in [5, 5.41) is 7.18. The standard InChI is InChI=1S/C8H8N2O2S2/c1-6-4-7(10-5-13)2-3-8(6)14(9,11)12/h2-4H,1H3,(H2,9,11,12). The predicted octanol–water partition coefficient (Wildman–Crippen LogP) is 1.38. The molecular weight excluding hydrogens is 220 g/mol. The molecule has 0 fully saturated rings. The highest BCUT2D eigenvalue weighted by atomic mass is 32.2. The summed E-state index contributed by atoms with van der Waals surface area (Å²) >= 11 is 4.42. The van der Waals surface area contributed by atoms with E-state index >= 15 is 0 Å². The fraction of sp³-hybridized carbons (Fsp3) is 0.125. The summed E-state index contributed by atoms with van der Waals surface area (Å²) in [6.45, 7) is 1.64. The van der Waals surface area contributed by atoms with Crippen LogP contribution >= 0.6 is 12.2 Å². The Morgan fingerprint density at radius 3 is 2.57 bits per heavy atom. The van der Waals surface area contributed by atoms with Gasteiger partial charge in [-0.2, -0.15) is 4.99 Å². The molecular formula is C8H8N2O2S2. The average molecular weight is 228 g/mol. The highest BCUT2D eigenvalue weighted by Crippen LogP contribution is 2.19. The van der Waals surface area contributed by atoms with E-state index in [1.165, 1.54) is 12.1 Å². The van der Waals surface area contributed by atoms with Crippen LogP contribution in [0.5, 0.6) is 0 Å². The van der Waals surface area contributed by atoms with Gasteiger partial charge in [0.2, 0.25) is 10.0 Å². The lowest BCUT2D eigenvalue weighted by Crippen LogP contribution is -2.13. The molecule has 0 saturated heterocycles. The van der Waals surface area contributed by atoms with Gasteiger partial charge in [0.05, 0.1) is 15.7 Å². The maximum Gasteiger partial charge on any atom is 0.238 e. The van der Waals surface area contributed by atoms with Crippen molar-refractivity contribution >= 4 is 33.1 Å². The van der Waals surface area contributed by atoms with E-state index in [4.69, 9.17) is 5.14 Å². The van der Waals surface area contributed by atoms with Gasteiger partial charge in [0, 0.05) is 0 Å². The third-order valence-corrected chi connectivity index (χ3v) is 2.80. The lowest BCUT2D eigenvalue weighted by atomic mass is 10.2. The van der Waals surface area contributed by atoms with Crippen LogP contribution in [0, 0.1) is 6.92 Å². The largest absolute Gasteiger partial charge is 0.238 e. The number of rotatable bonds is 2. The smallest absolute Gasteiger partial charge is 0.225 e. The minimum atomic E-state index is -3.65. The summed E-state index contributed by atoms with van der Waals surface area (Å²) in [5.41, 5.74) is 1.10. The maximum absolute atomic E-state index is 11.0. The lowest BCUT2D eigenvalue weighted by Gasteiger charge is -2.02. The third-order valence-electron chi connectivity index (χ3n) is 1.64. The second-order valence-electron chi connectivity index (χ2n) is 2.70. The number of benzene rings is 1. The molecule has 74 valence electrons. The van der Waals surface area contributed by atoms with Crippen molar-refractivity contribution in [3.8, 4) is 0 Å². The van der Waals surface area contributed by atoms with Gasteiger partial charge < -0.3 is 0 Å². The summed E-state index contributed by atoms with van der Waals surface area (Å²) in [6.07, 6.45) is 0. The highest BCUT2D eigenvalue weighted by molar-refractivity contribution is 7.89. The first kappa shape index (κ1) is 11.0. The Labute approximate surface area is 87.5 Å². The number of aliphatic imine (C=N–C) groups is 1. The number of thiocarbonyl (C=S) groups is 1. The van der Waals surface area contributed by atoms with Crippen LogP contribution in [0.1, 0.15) is 5.56 Å². The van der Waals surface area contributed by atoms with Crippen LogP contribution in [-0.4, -0.2) is 13.6 Å². The molecule has 0 aliphatic rings. The minimum absolute atomic E-state index is 0.0980. The molecule has 1 rings (SSSR count). The Balaban J connectivity index is 3.35. The number of nitrogens with two attached hydrogens (primary N) is 1. The van der Waals surface area contributed by atoms with Gasteiger partial charge in [-0.05, 0) is 42.9 Å². The van der Waals surface area contributed by atoms with Crippen LogP contribution in [0.4, 0.5) is 5.69 Å². The van der Waals surface area contributed by atoms with Crippen LogP contribution in [0.2, 0.25) is 0 Å². The van der Waals surface area contributed by atoms with Gasteiger partial charge in [0.15, 0.2) is 0 Å². The van der Waals surface area contributed by atoms with Crippen LogP contribution in [0.25, 0.3) is 0 Å². The van der Waals surface area contributed by atoms with Crippen molar-refractivity contribution in [3.05, 3.63) is 23.8 Å². The first-order valence-electron chi connectivity index (χ1n) is 3.66. The molecule has 2 N–H and O–H groups in total. The van der Waals surface area contributed by atoms with Crippen molar-refractivity contribution < 1.29 is 8.42 Å². The number of nitrogens with zero attached hydrogens (tertiary/aromatic N) is 1. The van der Waals surface area contributed by atoms with Crippen molar-refractivity contribution in [1.29, 1.82) is 0 Å². The second-order valence-corrected chi connectivity index (χ2v) is 4.41. The van der Waals surface area contributed by atoms with E-state index in [9.17, 15) is 8.42 Å². The molecule has 0 aliphatic heterocycles. The van der Waals surface area contributed by atoms with Crippen molar-refractivity contribution in [1.82, 2.24) is 0 Å². The van der Waals surface area contributed by atoms with Crippen LogP contribution in [-0.2, 0) is 10.0 Å². The van der Waals surface area contributed by atoms with E-state index in [-0.39, 0.29) is 4.90 Å². The molecule has 0 unspecified atom stereocenters. The van der Waals surface area contributed by atoms with Crippen LogP contribution < -0.4 is 5.14 Å². The average Bonchev–Trinajstić information content (AvgIpc) is 2.02. The highest BCUT2D eigenvalue weighted by Gasteiger charge is 2.10. The zero-order valence-corrected chi connectivity index (χ0v) is 9.02. The molecule has 0 bridgehead atoms. The summed E-state index contributed by atoms with van der Waals surface area (Å²) in [6, 6.07) is 4.50. The number of primary sulfonamides is 1.